The largest absolute Gasteiger partial charge is 0.454 e. The van der Waals surface area contributed by atoms with Gasteiger partial charge in [-0.05, 0) is 43.2 Å². The normalized spacial score (nSPS) is 21.5. The van der Waals surface area contributed by atoms with Crippen LogP contribution in [0, 0.1) is 0 Å². The summed E-state index contributed by atoms with van der Waals surface area (Å²) in [6.45, 7) is 8.02. The molecule has 1 aromatic carbocycles. The second-order valence-electron chi connectivity index (χ2n) is 9.61. The zero-order chi connectivity index (χ0) is 22.9. The number of aromatic nitrogens is 2. The molecule has 1 amide bonds. The van der Waals surface area contributed by atoms with E-state index in [0.29, 0.717) is 6.54 Å². The van der Waals surface area contributed by atoms with Crippen molar-refractivity contribution in [1.82, 2.24) is 24.9 Å². The topological polar surface area (TPSA) is 74.3 Å². The molecule has 0 atom stereocenters. The number of rotatable bonds is 5. The predicted octanol–water partition coefficient (Wildman–Crippen LogP) is 1.69. The number of fused-ring (bicyclic) bond motifs is 1. The summed E-state index contributed by atoms with van der Waals surface area (Å²) < 4.78 is 10.8. The van der Waals surface area contributed by atoms with E-state index in [1.807, 2.05) is 30.3 Å². The van der Waals surface area contributed by atoms with Gasteiger partial charge >= 0.3 is 0 Å². The van der Waals surface area contributed by atoms with E-state index in [-0.39, 0.29) is 12.7 Å². The number of nitrogens with zero attached hydrogens (tertiary/aromatic N) is 6. The number of ether oxygens (including phenoxy) is 2. The lowest BCUT2D eigenvalue weighted by Gasteiger charge is -2.43. The first-order valence-corrected chi connectivity index (χ1v) is 12.5. The van der Waals surface area contributed by atoms with Crippen LogP contribution in [0.15, 0.2) is 30.3 Å². The monoisotopic (exact) mass is 464 g/mol. The van der Waals surface area contributed by atoms with Crippen LogP contribution in [-0.4, -0.2) is 103 Å². The highest BCUT2D eigenvalue weighted by Gasteiger charge is 2.30. The SMILES string of the molecule is O=C(CN1CCN(c2ccc(-c3ccc4c(c3)OCO4)nn2)CC1)N1CCN(C2CCC2)CC1. The lowest BCUT2D eigenvalue weighted by Crippen LogP contribution is -2.56. The molecule has 2 aromatic rings. The van der Waals surface area contributed by atoms with E-state index in [9.17, 15) is 4.79 Å². The Bertz CT molecular complexity index is 1010. The molecule has 9 heteroatoms. The Morgan fingerprint density at radius 1 is 0.882 bits per heavy atom. The quantitative estimate of drug-likeness (QED) is 0.662. The number of carbonyl (C=O) groups excluding carboxylic acids is 1. The Balaban J connectivity index is 0.982. The second-order valence-corrected chi connectivity index (χ2v) is 9.61. The summed E-state index contributed by atoms with van der Waals surface area (Å²) >= 11 is 0. The van der Waals surface area contributed by atoms with Gasteiger partial charge in [-0.2, -0.15) is 0 Å². The van der Waals surface area contributed by atoms with Crippen molar-refractivity contribution in [3.8, 4) is 22.8 Å². The summed E-state index contributed by atoms with van der Waals surface area (Å²) in [4.78, 5) is 22.0. The molecule has 1 aromatic heterocycles. The molecule has 3 fully saturated rings. The predicted molar refractivity (Wildman–Crippen MR) is 128 cm³/mol. The van der Waals surface area contributed by atoms with Crippen LogP contribution in [0.3, 0.4) is 0 Å². The van der Waals surface area contributed by atoms with Gasteiger partial charge in [0.2, 0.25) is 12.7 Å². The Labute approximate surface area is 200 Å². The first-order valence-electron chi connectivity index (χ1n) is 12.5. The Hall–Kier alpha value is -2.91. The first kappa shape index (κ1) is 21.6. The van der Waals surface area contributed by atoms with Gasteiger partial charge in [0.05, 0.1) is 12.2 Å². The van der Waals surface area contributed by atoms with Gasteiger partial charge in [-0.15, -0.1) is 10.2 Å². The van der Waals surface area contributed by atoms with Gasteiger partial charge in [0, 0.05) is 64.0 Å². The van der Waals surface area contributed by atoms with E-state index in [4.69, 9.17) is 9.47 Å². The maximum atomic E-state index is 12.8. The van der Waals surface area contributed by atoms with Crippen LogP contribution in [0.5, 0.6) is 11.5 Å². The molecule has 0 N–H and O–H groups in total. The van der Waals surface area contributed by atoms with Crippen LogP contribution in [0.2, 0.25) is 0 Å². The van der Waals surface area contributed by atoms with Gasteiger partial charge in [-0.25, -0.2) is 0 Å². The number of hydrogen-bond acceptors (Lipinski definition) is 8. The second kappa shape index (κ2) is 9.38. The van der Waals surface area contributed by atoms with Crippen molar-refractivity contribution in [2.75, 3.05) is 70.6 Å². The Morgan fingerprint density at radius 2 is 1.68 bits per heavy atom. The third-order valence-electron chi connectivity index (χ3n) is 7.63. The lowest BCUT2D eigenvalue weighted by molar-refractivity contribution is -0.134. The molecule has 4 heterocycles. The van der Waals surface area contributed by atoms with Crippen molar-refractivity contribution in [1.29, 1.82) is 0 Å². The van der Waals surface area contributed by atoms with Crippen LogP contribution in [0.25, 0.3) is 11.3 Å². The van der Waals surface area contributed by atoms with E-state index >= 15 is 0 Å². The van der Waals surface area contributed by atoms with Crippen molar-refractivity contribution in [2.24, 2.45) is 0 Å². The molecule has 0 radical (unpaired) electrons. The Morgan fingerprint density at radius 3 is 2.38 bits per heavy atom. The van der Waals surface area contributed by atoms with Crippen LogP contribution in [-0.2, 0) is 4.79 Å². The van der Waals surface area contributed by atoms with E-state index in [2.05, 4.69) is 29.8 Å². The fourth-order valence-electron chi connectivity index (χ4n) is 5.22. The third kappa shape index (κ3) is 4.42. The first-order chi connectivity index (χ1) is 16.7. The molecule has 2 saturated heterocycles. The molecule has 9 nitrogen and oxygen atoms in total. The van der Waals surface area contributed by atoms with E-state index in [0.717, 1.165) is 87.0 Å². The number of anilines is 1. The minimum absolute atomic E-state index is 0.262. The summed E-state index contributed by atoms with van der Waals surface area (Å²) in [5.74, 6) is 2.66. The molecule has 34 heavy (non-hydrogen) atoms. The fraction of sp³-hybridized carbons (Fsp3) is 0.560. The zero-order valence-corrected chi connectivity index (χ0v) is 19.6. The summed E-state index contributed by atoms with van der Waals surface area (Å²) in [7, 11) is 0. The standard InChI is InChI=1S/C25H32N6O3/c32-25(31-14-12-29(13-15-31)20-2-1-3-20)17-28-8-10-30(11-9-28)24-7-5-21(26-27-24)19-4-6-22-23(16-19)34-18-33-22/h4-7,16,20H,1-3,8-15,17-18H2. The molecule has 3 aliphatic heterocycles. The summed E-state index contributed by atoms with van der Waals surface area (Å²) in [6, 6.07) is 10.6. The average Bonchev–Trinajstić information content (AvgIpc) is 3.32. The van der Waals surface area contributed by atoms with Gasteiger partial charge in [0.25, 0.3) is 0 Å². The fourth-order valence-corrected chi connectivity index (χ4v) is 5.22. The van der Waals surface area contributed by atoms with Crippen LogP contribution >= 0.6 is 0 Å². The lowest BCUT2D eigenvalue weighted by atomic mass is 9.91. The van der Waals surface area contributed by atoms with E-state index < -0.39 is 0 Å². The summed E-state index contributed by atoms with van der Waals surface area (Å²) in [5, 5.41) is 8.91. The molecule has 180 valence electrons. The van der Waals surface area contributed by atoms with Crippen LogP contribution in [0.1, 0.15) is 19.3 Å². The highest BCUT2D eigenvalue weighted by atomic mass is 16.7. The minimum atomic E-state index is 0.262. The van der Waals surface area contributed by atoms with Crippen molar-refractivity contribution >= 4 is 11.7 Å². The van der Waals surface area contributed by atoms with E-state index in [1.165, 1.54) is 19.3 Å². The molecule has 0 unspecified atom stereocenters. The van der Waals surface area contributed by atoms with Crippen molar-refractivity contribution in [3.05, 3.63) is 30.3 Å². The highest BCUT2D eigenvalue weighted by Crippen LogP contribution is 2.35. The van der Waals surface area contributed by atoms with Gasteiger partial charge in [0.15, 0.2) is 17.3 Å². The molecule has 1 aliphatic carbocycles. The number of piperazine rings is 2. The molecular weight excluding hydrogens is 432 g/mol. The average molecular weight is 465 g/mol. The van der Waals surface area contributed by atoms with Crippen LogP contribution < -0.4 is 14.4 Å². The molecule has 6 rings (SSSR count). The summed E-state index contributed by atoms with van der Waals surface area (Å²) in [5.41, 5.74) is 1.77. The number of benzene rings is 1. The van der Waals surface area contributed by atoms with Crippen molar-refractivity contribution in [2.45, 2.75) is 25.3 Å². The maximum absolute atomic E-state index is 12.8. The highest BCUT2D eigenvalue weighted by molar-refractivity contribution is 5.78. The molecule has 1 saturated carbocycles. The number of amides is 1. The molecular formula is C25H32N6O3. The van der Waals surface area contributed by atoms with Crippen LogP contribution in [0.4, 0.5) is 5.82 Å². The maximum Gasteiger partial charge on any atom is 0.236 e. The molecule has 0 spiro atoms. The van der Waals surface area contributed by atoms with Gasteiger partial charge in [-0.1, -0.05) is 6.42 Å². The zero-order valence-electron chi connectivity index (χ0n) is 19.6. The molecule has 4 aliphatic rings. The minimum Gasteiger partial charge on any atom is -0.454 e. The van der Waals surface area contributed by atoms with Gasteiger partial charge in [0.1, 0.15) is 0 Å². The smallest absolute Gasteiger partial charge is 0.236 e. The molecule has 0 bridgehead atoms. The number of carbonyl (C=O) groups is 1. The summed E-state index contributed by atoms with van der Waals surface area (Å²) in [6.07, 6.45) is 4.04. The van der Waals surface area contributed by atoms with E-state index in [1.54, 1.807) is 0 Å². The third-order valence-corrected chi connectivity index (χ3v) is 7.63. The van der Waals surface area contributed by atoms with Gasteiger partial charge in [-0.3, -0.25) is 14.6 Å². The van der Waals surface area contributed by atoms with Crippen molar-refractivity contribution in [3.63, 3.8) is 0 Å². The Kier molecular flexibility index (Phi) is 5.97. The number of hydrogen-bond donors (Lipinski definition) is 0. The van der Waals surface area contributed by atoms with Crippen molar-refractivity contribution < 1.29 is 14.3 Å². The van der Waals surface area contributed by atoms with Gasteiger partial charge < -0.3 is 19.3 Å².